The minimum Gasteiger partial charge on any atom is -0.357 e. The molecule has 1 heterocycles. The summed E-state index contributed by atoms with van der Waals surface area (Å²) in [4.78, 5) is 17.6. The summed E-state index contributed by atoms with van der Waals surface area (Å²) in [6, 6.07) is 0. The Balaban J connectivity index is 2.12. The van der Waals surface area contributed by atoms with Crippen molar-refractivity contribution < 1.29 is 10.0 Å². The molecule has 0 atom stereocenters. The van der Waals surface area contributed by atoms with E-state index in [4.69, 9.17) is 5.21 Å². The summed E-state index contributed by atoms with van der Waals surface area (Å²) in [5.41, 5.74) is 1.62. The molecule has 0 aromatic carbocycles. The number of rotatable bonds is 8. The summed E-state index contributed by atoms with van der Waals surface area (Å²) in [6.45, 7) is 8.63. The first-order valence-corrected chi connectivity index (χ1v) is 6.55. The average molecular weight is 256 g/mol. The van der Waals surface area contributed by atoms with Crippen molar-refractivity contribution in [3.05, 3.63) is 0 Å². The van der Waals surface area contributed by atoms with Crippen molar-refractivity contribution in [2.75, 3.05) is 32.7 Å². The maximum Gasteiger partial charge on any atom is 0.244 e. The monoisotopic (exact) mass is 256 g/mol. The van der Waals surface area contributed by atoms with Crippen LogP contribution >= 0.6 is 0 Å². The molecule has 0 aliphatic carbocycles. The number of carbonyl (C=O) groups is 1. The van der Waals surface area contributed by atoms with Crippen LogP contribution in [0, 0.1) is 5.92 Å². The van der Waals surface area contributed by atoms with Crippen molar-refractivity contribution in [2.45, 2.75) is 26.7 Å². The van der Waals surface area contributed by atoms with Crippen LogP contribution in [0.2, 0.25) is 0 Å². The number of nitrogens with one attached hydrogen (secondary N) is 2. The highest BCUT2D eigenvalue weighted by Crippen LogP contribution is 2.10. The molecule has 18 heavy (non-hydrogen) atoms. The molecule has 0 aromatic rings. The van der Waals surface area contributed by atoms with Crippen LogP contribution in [0.15, 0.2) is 4.99 Å². The fourth-order valence-corrected chi connectivity index (χ4v) is 1.93. The first kappa shape index (κ1) is 14.9. The second-order valence-corrected chi connectivity index (χ2v) is 4.92. The van der Waals surface area contributed by atoms with Gasteiger partial charge in [0.1, 0.15) is 0 Å². The lowest BCUT2D eigenvalue weighted by atomic mass is 10.1. The first-order valence-electron chi connectivity index (χ1n) is 6.55. The molecular weight excluding hydrogens is 232 g/mol. The zero-order valence-electron chi connectivity index (χ0n) is 11.3. The van der Waals surface area contributed by atoms with E-state index in [9.17, 15) is 4.79 Å². The molecule has 104 valence electrons. The fraction of sp³-hybridized carbons (Fsp3) is 0.833. The van der Waals surface area contributed by atoms with Gasteiger partial charge in [0.25, 0.3) is 0 Å². The van der Waals surface area contributed by atoms with Crippen molar-refractivity contribution in [2.24, 2.45) is 10.9 Å². The third-order valence-electron chi connectivity index (χ3n) is 2.83. The molecule has 1 aliphatic rings. The molecule has 1 rings (SSSR count). The summed E-state index contributed by atoms with van der Waals surface area (Å²) in [5, 5.41) is 11.5. The van der Waals surface area contributed by atoms with E-state index in [1.54, 1.807) is 5.48 Å². The van der Waals surface area contributed by atoms with E-state index in [0.29, 0.717) is 18.9 Å². The van der Waals surface area contributed by atoms with Gasteiger partial charge in [0.15, 0.2) is 0 Å². The molecule has 0 aromatic heterocycles. The maximum atomic E-state index is 10.8. The van der Waals surface area contributed by atoms with Gasteiger partial charge in [-0.15, -0.1) is 0 Å². The predicted molar refractivity (Wildman–Crippen MR) is 70.7 cm³/mol. The van der Waals surface area contributed by atoms with E-state index >= 15 is 0 Å². The molecule has 0 saturated carbocycles. The third-order valence-corrected chi connectivity index (χ3v) is 2.83. The normalized spacial score (nSPS) is 15.1. The van der Waals surface area contributed by atoms with Crippen molar-refractivity contribution in [1.29, 1.82) is 0 Å². The highest BCUT2D eigenvalue weighted by molar-refractivity contribution is 5.83. The number of nitrogens with zero attached hydrogens (tertiary/aromatic N) is 2. The summed E-state index contributed by atoms with van der Waals surface area (Å²) in [5.74, 6) is 1.48. The van der Waals surface area contributed by atoms with Gasteiger partial charge in [0.2, 0.25) is 5.91 Å². The lowest BCUT2D eigenvalue weighted by Crippen LogP contribution is -2.36. The van der Waals surface area contributed by atoms with E-state index in [-0.39, 0.29) is 5.91 Å². The number of carbonyl (C=O) groups excluding carboxylic acids is 1. The van der Waals surface area contributed by atoms with Gasteiger partial charge >= 0.3 is 0 Å². The molecule has 0 fully saturated rings. The Labute approximate surface area is 108 Å². The summed E-state index contributed by atoms with van der Waals surface area (Å²) in [7, 11) is 0. The lowest BCUT2D eigenvalue weighted by molar-refractivity contribution is -0.129. The Morgan fingerprint density at radius 2 is 2.28 bits per heavy atom. The summed E-state index contributed by atoms with van der Waals surface area (Å²) < 4.78 is 0. The molecule has 6 nitrogen and oxygen atoms in total. The molecular formula is C12H24N4O2. The van der Waals surface area contributed by atoms with E-state index in [2.05, 4.69) is 29.1 Å². The molecule has 1 aliphatic heterocycles. The quantitative estimate of drug-likeness (QED) is 0.330. The number of amidine groups is 1. The fourth-order valence-electron chi connectivity index (χ4n) is 1.93. The molecule has 0 bridgehead atoms. The molecule has 0 unspecified atom stereocenters. The van der Waals surface area contributed by atoms with Gasteiger partial charge in [-0.25, -0.2) is 5.48 Å². The minimum absolute atomic E-state index is 0.295. The molecule has 3 N–H and O–H groups in total. The Bertz CT molecular complexity index is 292. The topological polar surface area (TPSA) is 77.0 Å². The highest BCUT2D eigenvalue weighted by atomic mass is 16.5. The van der Waals surface area contributed by atoms with E-state index in [1.807, 2.05) is 0 Å². The number of amides is 1. The maximum absolute atomic E-state index is 10.8. The second-order valence-electron chi connectivity index (χ2n) is 4.92. The van der Waals surface area contributed by atoms with Gasteiger partial charge < -0.3 is 10.2 Å². The highest BCUT2D eigenvalue weighted by Gasteiger charge is 2.16. The van der Waals surface area contributed by atoms with E-state index < -0.39 is 0 Å². The molecule has 1 amide bonds. The predicted octanol–water partition coefficient (Wildman–Crippen LogP) is 0.232. The Morgan fingerprint density at radius 3 is 2.94 bits per heavy atom. The van der Waals surface area contributed by atoms with E-state index in [0.717, 1.165) is 32.6 Å². The van der Waals surface area contributed by atoms with Gasteiger partial charge in [0.05, 0.1) is 12.4 Å². The van der Waals surface area contributed by atoms with Gasteiger partial charge in [-0.1, -0.05) is 13.8 Å². The smallest absolute Gasteiger partial charge is 0.244 e. The van der Waals surface area contributed by atoms with Crippen molar-refractivity contribution in [1.82, 2.24) is 15.7 Å². The van der Waals surface area contributed by atoms with Crippen LogP contribution in [-0.2, 0) is 4.79 Å². The number of aliphatic imine (C=N–C) groups is 1. The zero-order chi connectivity index (χ0) is 13.4. The zero-order valence-corrected chi connectivity index (χ0v) is 11.3. The van der Waals surface area contributed by atoms with Crippen LogP contribution in [0.1, 0.15) is 26.7 Å². The van der Waals surface area contributed by atoms with Crippen molar-refractivity contribution in [3.63, 3.8) is 0 Å². The van der Waals surface area contributed by atoms with Gasteiger partial charge in [-0.2, -0.15) is 0 Å². The standard InChI is InChI=1S/C12H24N4O2/c1-10(2)9-11-14-6-8-16(11)7-5-13-4-3-12(17)15-18/h10,13,18H,3-9H2,1-2H3,(H,15,17). The molecule has 0 radical (unpaired) electrons. The van der Waals surface area contributed by atoms with Crippen LogP contribution in [0.25, 0.3) is 0 Å². The summed E-state index contributed by atoms with van der Waals surface area (Å²) >= 11 is 0. The van der Waals surface area contributed by atoms with Crippen LogP contribution in [-0.4, -0.2) is 54.6 Å². The van der Waals surface area contributed by atoms with Crippen LogP contribution in [0.3, 0.4) is 0 Å². The lowest BCUT2D eigenvalue weighted by Gasteiger charge is -2.21. The molecule has 0 spiro atoms. The Kier molecular flexibility index (Phi) is 6.67. The molecule has 6 heteroatoms. The number of hydrogen-bond donors (Lipinski definition) is 3. The van der Waals surface area contributed by atoms with E-state index in [1.165, 1.54) is 5.84 Å². The van der Waals surface area contributed by atoms with Crippen LogP contribution < -0.4 is 10.8 Å². The minimum atomic E-state index is -0.356. The van der Waals surface area contributed by atoms with Crippen LogP contribution in [0.4, 0.5) is 0 Å². The van der Waals surface area contributed by atoms with Gasteiger partial charge in [0, 0.05) is 39.0 Å². The third kappa shape index (κ3) is 5.46. The second kappa shape index (κ2) is 8.05. The average Bonchev–Trinajstić information content (AvgIpc) is 2.75. The first-order chi connectivity index (χ1) is 8.63. The van der Waals surface area contributed by atoms with Gasteiger partial charge in [-0.3, -0.25) is 15.0 Å². The Hall–Kier alpha value is -1.14. The summed E-state index contributed by atoms with van der Waals surface area (Å²) in [6.07, 6.45) is 1.33. The van der Waals surface area contributed by atoms with Crippen LogP contribution in [0.5, 0.6) is 0 Å². The van der Waals surface area contributed by atoms with Gasteiger partial charge in [-0.05, 0) is 5.92 Å². The Morgan fingerprint density at radius 1 is 1.50 bits per heavy atom. The molecule has 0 saturated heterocycles. The number of hydrogen-bond acceptors (Lipinski definition) is 5. The SMILES string of the molecule is CC(C)CC1=NCCN1CCNCCC(=O)NO. The van der Waals surface area contributed by atoms with Crippen molar-refractivity contribution in [3.8, 4) is 0 Å². The number of hydroxylamine groups is 1. The van der Waals surface area contributed by atoms with Crippen molar-refractivity contribution >= 4 is 11.7 Å². The largest absolute Gasteiger partial charge is 0.357 e.